The summed E-state index contributed by atoms with van der Waals surface area (Å²) in [5, 5.41) is 6.89. The highest BCUT2D eigenvalue weighted by atomic mass is 32.2. The molecule has 1 fully saturated rings. The second-order valence-corrected chi connectivity index (χ2v) is 7.18. The lowest BCUT2D eigenvalue weighted by Crippen LogP contribution is -2.41. The summed E-state index contributed by atoms with van der Waals surface area (Å²) in [5.41, 5.74) is 1.21. The third-order valence-corrected chi connectivity index (χ3v) is 4.71. The van der Waals surface area contributed by atoms with Crippen molar-refractivity contribution in [3.63, 3.8) is 0 Å². The molecule has 0 unspecified atom stereocenters. The van der Waals surface area contributed by atoms with Crippen molar-refractivity contribution in [3.05, 3.63) is 35.9 Å². The third-order valence-electron chi connectivity index (χ3n) is 4.17. The van der Waals surface area contributed by atoms with Gasteiger partial charge in [-0.15, -0.1) is 0 Å². The number of thioether (sulfide) groups is 1. The van der Waals surface area contributed by atoms with Gasteiger partial charge >= 0.3 is 0 Å². The number of carbonyl (C=O) groups is 3. The summed E-state index contributed by atoms with van der Waals surface area (Å²) in [6.45, 7) is 3.70. The molecule has 1 aromatic carbocycles. The highest BCUT2D eigenvalue weighted by molar-refractivity contribution is 7.99. The summed E-state index contributed by atoms with van der Waals surface area (Å²) in [6.07, 6.45) is 2.79. The van der Waals surface area contributed by atoms with Crippen molar-refractivity contribution in [2.75, 3.05) is 51.8 Å². The molecule has 0 saturated carbocycles. The quantitative estimate of drug-likeness (QED) is 0.730. The fourth-order valence-corrected chi connectivity index (χ4v) is 3.34. The van der Waals surface area contributed by atoms with E-state index < -0.39 is 0 Å². The minimum atomic E-state index is -0.250. The van der Waals surface area contributed by atoms with Gasteiger partial charge in [-0.1, -0.05) is 30.3 Å². The molecule has 1 N–H and O–H groups in total. The van der Waals surface area contributed by atoms with Gasteiger partial charge in [0, 0.05) is 32.7 Å². The van der Waals surface area contributed by atoms with E-state index in [1.54, 1.807) is 11.8 Å². The Bertz CT molecular complexity index is 586. The molecular formula is C19H29N3O4S. The first-order chi connectivity index (χ1) is 13.0. The van der Waals surface area contributed by atoms with E-state index in [2.05, 4.69) is 12.1 Å². The highest BCUT2D eigenvalue weighted by Gasteiger charge is 2.22. The maximum Gasteiger partial charge on any atom is 0.290 e. The number of hydrogen-bond donors (Lipinski definition) is 1. The van der Waals surface area contributed by atoms with E-state index in [1.807, 2.05) is 46.2 Å². The molecule has 1 heterocycles. The van der Waals surface area contributed by atoms with Crippen LogP contribution in [0.15, 0.2) is 30.3 Å². The lowest BCUT2D eigenvalue weighted by molar-refractivity contribution is -0.133. The third kappa shape index (κ3) is 8.92. The summed E-state index contributed by atoms with van der Waals surface area (Å²) in [6, 6.07) is 10.2. The first-order valence-corrected chi connectivity index (χ1v) is 10.3. The normalized spacial score (nSPS) is 14.2. The first kappa shape index (κ1) is 23.0. The molecule has 0 aliphatic carbocycles. The van der Waals surface area contributed by atoms with Crippen molar-refractivity contribution in [1.82, 2.24) is 14.7 Å². The zero-order valence-corrected chi connectivity index (χ0v) is 16.9. The number of hydrogen-bond acceptors (Lipinski definition) is 5. The lowest BCUT2D eigenvalue weighted by atomic mass is 10.2. The molecule has 1 aromatic rings. The SMILES string of the molecule is CSCC(=O)N1CCCN(C(=O)CN(C)Cc2ccccc2)CC1.O=CO. The smallest absolute Gasteiger partial charge is 0.290 e. The first-order valence-electron chi connectivity index (χ1n) is 8.86. The minimum absolute atomic E-state index is 0.146. The second kappa shape index (κ2) is 13.2. The van der Waals surface area contributed by atoms with Crippen LogP contribution in [0.3, 0.4) is 0 Å². The Morgan fingerprint density at radius 2 is 1.67 bits per heavy atom. The van der Waals surface area contributed by atoms with E-state index in [-0.39, 0.29) is 18.3 Å². The molecule has 1 aliphatic rings. The summed E-state index contributed by atoms with van der Waals surface area (Å²) >= 11 is 1.55. The van der Waals surface area contributed by atoms with Crippen LogP contribution >= 0.6 is 11.8 Å². The molecule has 8 heteroatoms. The molecule has 2 amide bonds. The van der Waals surface area contributed by atoms with Gasteiger partial charge in [-0.2, -0.15) is 11.8 Å². The zero-order chi connectivity index (χ0) is 20.1. The second-order valence-electron chi connectivity index (χ2n) is 6.31. The Kier molecular flexibility index (Phi) is 11.2. The number of rotatable bonds is 6. The molecule has 27 heavy (non-hydrogen) atoms. The van der Waals surface area contributed by atoms with Crippen molar-refractivity contribution < 1.29 is 19.5 Å². The van der Waals surface area contributed by atoms with Crippen LogP contribution in [0.5, 0.6) is 0 Å². The Morgan fingerprint density at radius 3 is 2.22 bits per heavy atom. The van der Waals surface area contributed by atoms with E-state index in [9.17, 15) is 9.59 Å². The van der Waals surface area contributed by atoms with Crippen molar-refractivity contribution >= 4 is 30.0 Å². The van der Waals surface area contributed by atoms with Crippen LogP contribution in [0.25, 0.3) is 0 Å². The van der Waals surface area contributed by atoms with Crippen LogP contribution in [0.2, 0.25) is 0 Å². The number of carboxylic acid groups (broad SMARTS) is 1. The van der Waals surface area contributed by atoms with Crippen LogP contribution in [0.1, 0.15) is 12.0 Å². The average molecular weight is 396 g/mol. The number of amides is 2. The topological polar surface area (TPSA) is 81.2 Å². The minimum Gasteiger partial charge on any atom is -0.483 e. The lowest BCUT2D eigenvalue weighted by Gasteiger charge is -2.24. The van der Waals surface area contributed by atoms with Gasteiger partial charge in [0.05, 0.1) is 12.3 Å². The number of benzene rings is 1. The van der Waals surface area contributed by atoms with E-state index >= 15 is 0 Å². The number of likely N-dealkylation sites (N-methyl/N-ethyl adjacent to an activating group) is 1. The molecule has 1 saturated heterocycles. The molecule has 2 rings (SSSR count). The molecule has 0 bridgehead atoms. The van der Waals surface area contributed by atoms with Gasteiger partial charge in [0.2, 0.25) is 11.8 Å². The Balaban J connectivity index is 0.00000114. The Labute approximate surface area is 165 Å². The molecule has 1 aliphatic heterocycles. The van der Waals surface area contributed by atoms with E-state index in [4.69, 9.17) is 9.90 Å². The molecule has 0 atom stereocenters. The molecule has 0 aromatic heterocycles. The van der Waals surface area contributed by atoms with Crippen LogP contribution in [-0.2, 0) is 20.9 Å². The van der Waals surface area contributed by atoms with Gasteiger partial charge in [0.15, 0.2) is 0 Å². The van der Waals surface area contributed by atoms with Gasteiger partial charge in [-0.3, -0.25) is 19.3 Å². The van der Waals surface area contributed by atoms with Crippen molar-refractivity contribution in [1.29, 1.82) is 0 Å². The van der Waals surface area contributed by atoms with Crippen LogP contribution < -0.4 is 0 Å². The fraction of sp³-hybridized carbons (Fsp3) is 0.526. The highest BCUT2D eigenvalue weighted by Crippen LogP contribution is 2.08. The predicted molar refractivity (Wildman–Crippen MR) is 108 cm³/mol. The molecule has 150 valence electrons. The van der Waals surface area contributed by atoms with Gasteiger partial charge in [-0.05, 0) is 25.3 Å². The van der Waals surface area contributed by atoms with Gasteiger partial charge in [-0.25, -0.2) is 0 Å². The van der Waals surface area contributed by atoms with Crippen LogP contribution in [0, 0.1) is 0 Å². The number of nitrogens with zero attached hydrogens (tertiary/aromatic N) is 3. The van der Waals surface area contributed by atoms with Crippen molar-refractivity contribution in [3.8, 4) is 0 Å². The monoisotopic (exact) mass is 395 g/mol. The fourth-order valence-electron chi connectivity index (χ4n) is 2.91. The van der Waals surface area contributed by atoms with Gasteiger partial charge in [0.1, 0.15) is 0 Å². The van der Waals surface area contributed by atoms with Crippen LogP contribution in [0.4, 0.5) is 0 Å². The maximum absolute atomic E-state index is 12.5. The van der Waals surface area contributed by atoms with E-state index in [0.717, 1.165) is 26.1 Å². The standard InChI is InChI=1S/C18H27N3O2S.CH2O2/c1-19(13-16-7-4-3-5-8-16)14-17(22)20-9-6-10-21(12-11-20)18(23)15-24-2;2-1-3/h3-5,7-8H,6,9-15H2,1-2H3;1H,(H,2,3). The Hall–Kier alpha value is -2.06. The largest absolute Gasteiger partial charge is 0.483 e. The average Bonchev–Trinajstić information content (AvgIpc) is 2.89. The molecule has 0 radical (unpaired) electrons. The molecular weight excluding hydrogens is 366 g/mol. The number of carbonyl (C=O) groups excluding carboxylic acids is 2. The van der Waals surface area contributed by atoms with Crippen molar-refractivity contribution in [2.45, 2.75) is 13.0 Å². The summed E-state index contributed by atoms with van der Waals surface area (Å²) in [4.78, 5) is 38.7. The van der Waals surface area contributed by atoms with E-state index in [1.165, 1.54) is 5.56 Å². The van der Waals surface area contributed by atoms with Crippen LogP contribution in [-0.4, -0.2) is 89.9 Å². The molecule has 0 spiro atoms. The zero-order valence-electron chi connectivity index (χ0n) is 16.0. The predicted octanol–water partition coefficient (Wildman–Crippen LogP) is 1.24. The van der Waals surface area contributed by atoms with Gasteiger partial charge < -0.3 is 14.9 Å². The summed E-state index contributed by atoms with van der Waals surface area (Å²) in [5.74, 6) is 0.846. The summed E-state index contributed by atoms with van der Waals surface area (Å²) < 4.78 is 0. The van der Waals surface area contributed by atoms with Crippen molar-refractivity contribution in [2.24, 2.45) is 0 Å². The summed E-state index contributed by atoms with van der Waals surface area (Å²) in [7, 11) is 1.97. The Morgan fingerprint density at radius 1 is 1.11 bits per heavy atom. The van der Waals surface area contributed by atoms with E-state index in [0.29, 0.717) is 25.4 Å². The molecule has 7 nitrogen and oxygen atoms in total. The maximum atomic E-state index is 12.5. The van der Waals surface area contributed by atoms with Gasteiger partial charge in [0.25, 0.3) is 6.47 Å².